The van der Waals surface area contributed by atoms with Gasteiger partial charge in [0, 0.05) is 5.57 Å². The SMILES string of the molecule is C=C(C(=O)OC)C1CCC2OC2C1C. The third kappa shape index (κ3) is 1.46. The van der Waals surface area contributed by atoms with Gasteiger partial charge >= 0.3 is 5.97 Å². The summed E-state index contributed by atoms with van der Waals surface area (Å²) in [6.45, 7) is 5.95. The van der Waals surface area contributed by atoms with Gasteiger partial charge in [0.15, 0.2) is 0 Å². The van der Waals surface area contributed by atoms with Gasteiger partial charge in [-0.2, -0.15) is 0 Å². The minimum atomic E-state index is -0.277. The second kappa shape index (κ2) is 3.39. The van der Waals surface area contributed by atoms with Crippen molar-refractivity contribution in [3.05, 3.63) is 12.2 Å². The summed E-state index contributed by atoms with van der Waals surface area (Å²) in [5, 5.41) is 0. The van der Waals surface area contributed by atoms with Gasteiger partial charge in [-0.25, -0.2) is 4.79 Å². The van der Waals surface area contributed by atoms with Gasteiger partial charge in [0.05, 0.1) is 19.3 Å². The molecule has 1 aliphatic carbocycles. The molecule has 0 aromatic heterocycles. The number of hydrogen-bond acceptors (Lipinski definition) is 3. The van der Waals surface area contributed by atoms with E-state index in [9.17, 15) is 4.79 Å². The average molecular weight is 196 g/mol. The number of carbonyl (C=O) groups excluding carboxylic acids is 1. The smallest absolute Gasteiger partial charge is 0.333 e. The van der Waals surface area contributed by atoms with Crippen molar-refractivity contribution in [1.29, 1.82) is 0 Å². The third-order valence-electron chi connectivity index (χ3n) is 3.43. The average Bonchev–Trinajstić information content (AvgIpc) is 2.96. The van der Waals surface area contributed by atoms with Crippen molar-refractivity contribution in [3.63, 3.8) is 0 Å². The fraction of sp³-hybridized carbons (Fsp3) is 0.727. The Labute approximate surface area is 84.1 Å². The number of rotatable bonds is 2. The topological polar surface area (TPSA) is 38.8 Å². The number of esters is 1. The first kappa shape index (κ1) is 9.71. The molecular formula is C11H16O3. The van der Waals surface area contributed by atoms with Crippen LogP contribution in [0.4, 0.5) is 0 Å². The second-order valence-corrected chi connectivity index (χ2v) is 4.20. The van der Waals surface area contributed by atoms with Gasteiger partial charge < -0.3 is 9.47 Å². The van der Waals surface area contributed by atoms with Crippen LogP contribution in [0.3, 0.4) is 0 Å². The minimum Gasteiger partial charge on any atom is -0.466 e. The molecule has 0 spiro atoms. The van der Waals surface area contributed by atoms with Crippen LogP contribution in [0.25, 0.3) is 0 Å². The van der Waals surface area contributed by atoms with Gasteiger partial charge in [-0.3, -0.25) is 0 Å². The number of epoxide rings is 1. The first-order valence-electron chi connectivity index (χ1n) is 5.07. The fourth-order valence-electron chi connectivity index (χ4n) is 2.46. The zero-order valence-electron chi connectivity index (χ0n) is 8.66. The molecule has 0 amide bonds. The summed E-state index contributed by atoms with van der Waals surface area (Å²) in [7, 11) is 1.40. The number of hydrogen-bond donors (Lipinski definition) is 0. The van der Waals surface area contributed by atoms with Crippen LogP contribution in [0.5, 0.6) is 0 Å². The first-order valence-corrected chi connectivity index (χ1v) is 5.07. The molecule has 2 rings (SSSR count). The Morgan fingerprint density at radius 3 is 2.86 bits per heavy atom. The van der Waals surface area contributed by atoms with Crippen LogP contribution >= 0.6 is 0 Å². The maximum Gasteiger partial charge on any atom is 0.333 e. The summed E-state index contributed by atoms with van der Waals surface area (Å²) in [5.74, 6) is 0.368. The highest BCUT2D eigenvalue weighted by atomic mass is 16.6. The Morgan fingerprint density at radius 2 is 2.21 bits per heavy atom. The second-order valence-electron chi connectivity index (χ2n) is 4.20. The fourth-order valence-corrected chi connectivity index (χ4v) is 2.46. The normalized spacial score (nSPS) is 39.9. The summed E-state index contributed by atoms with van der Waals surface area (Å²) < 4.78 is 10.2. The number of carbonyl (C=O) groups is 1. The Kier molecular flexibility index (Phi) is 2.35. The zero-order valence-corrected chi connectivity index (χ0v) is 8.66. The predicted molar refractivity (Wildman–Crippen MR) is 51.7 cm³/mol. The zero-order chi connectivity index (χ0) is 10.3. The molecule has 1 saturated heterocycles. The largest absolute Gasteiger partial charge is 0.466 e. The number of methoxy groups -OCH3 is 1. The highest BCUT2D eigenvalue weighted by Gasteiger charge is 2.50. The molecular weight excluding hydrogens is 180 g/mol. The standard InChI is InChI=1S/C11H16O3/c1-6-8(7(2)11(12)13-3)4-5-9-10(6)14-9/h6,8-10H,2,4-5H2,1,3H3. The molecule has 2 fully saturated rings. The van der Waals surface area contributed by atoms with Gasteiger partial charge in [0.2, 0.25) is 0 Å². The molecule has 1 saturated carbocycles. The molecule has 0 N–H and O–H groups in total. The molecule has 1 aliphatic heterocycles. The molecule has 4 atom stereocenters. The van der Waals surface area contributed by atoms with E-state index in [2.05, 4.69) is 18.2 Å². The molecule has 4 unspecified atom stereocenters. The monoisotopic (exact) mass is 196 g/mol. The van der Waals surface area contributed by atoms with E-state index in [1.165, 1.54) is 7.11 Å². The van der Waals surface area contributed by atoms with Crippen molar-refractivity contribution in [2.24, 2.45) is 11.8 Å². The van der Waals surface area contributed by atoms with Crippen LogP contribution in [0.15, 0.2) is 12.2 Å². The summed E-state index contributed by atoms with van der Waals surface area (Å²) in [6, 6.07) is 0. The van der Waals surface area contributed by atoms with E-state index in [0.29, 0.717) is 23.7 Å². The van der Waals surface area contributed by atoms with Gasteiger partial charge in [0.25, 0.3) is 0 Å². The Hall–Kier alpha value is -0.830. The van der Waals surface area contributed by atoms with Gasteiger partial charge in [0.1, 0.15) is 0 Å². The lowest BCUT2D eigenvalue weighted by Gasteiger charge is -2.26. The molecule has 14 heavy (non-hydrogen) atoms. The maximum atomic E-state index is 11.3. The van der Waals surface area contributed by atoms with E-state index in [-0.39, 0.29) is 11.9 Å². The Bertz CT molecular complexity index is 272. The summed E-state index contributed by atoms with van der Waals surface area (Å²) in [5.41, 5.74) is 0.606. The number of ether oxygens (including phenoxy) is 2. The van der Waals surface area contributed by atoms with Crippen LogP contribution in [0, 0.1) is 11.8 Å². The minimum absolute atomic E-state index is 0.242. The van der Waals surface area contributed by atoms with Crippen LogP contribution < -0.4 is 0 Å². The van der Waals surface area contributed by atoms with Crippen molar-refractivity contribution >= 4 is 5.97 Å². The molecule has 1 heterocycles. The highest BCUT2D eigenvalue weighted by molar-refractivity contribution is 5.88. The van der Waals surface area contributed by atoms with Gasteiger partial charge in [-0.05, 0) is 24.7 Å². The van der Waals surface area contributed by atoms with E-state index >= 15 is 0 Å². The van der Waals surface area contributed by atoms with E-state index in [4.69, 9.17) is 4.74 Å². The predicted octanol–water partition coefficient (Wildman–Crippen LogP) is 1.53. The van der Waals surface area contributed by atoms with Crippen LogP contribution in [-0.2, 0) is 14.3 Å². The van der Waals surface area contributed by atoms with Crippen molar-refractivity contribution < 1.29 is 14.3 Å². The summed E-state index contributed by atoms with van der Waals surface area (Å²) in [4.78, 5) is 11.3. The van der Waals surface area contributed by atoms with Crippen molar-refractivity contribution in [3.8, 4) is 0 Å². The lowest BCUT2D eigenvalue weighted by atomic mass is 9.76. The van der Waals surface area contributed by atoms with E-state index < -0.39 is 0 Å². The number of fused-ring (bicyclic) bond motifs is 1. The third-order valence-corrected chi connectivity index (χ3v) is 3.43. The van der Waals surface area contributed by atoms with Crippen LogP contribution in [0.2, 0.25) is 0 Å². The van der Waals surface area contributed by atoms with E-state index in [1.807, 2.05) is 0 Å². The quantitative estimate of drug-likeness (QED) is 0.382. The maximum absolute atomic E-state index is 11.3. The molecule has 78 valence electrons. The van der Waals surface area contributed by atoms with Crippen LogP contribution in [0.1, 0.15) is 19.8 Å². The molecule has 0 aromatic rings. The Morgan fingerprint density at radius 1 is 1.50 bits per heavy atom. The highest BCUT2D eigenvalue weighted by Crippen LogP contribution is 2.45. The lowest BCUT2D eigenvalue weighted by Crippen LogP contribution is -2.28. The molecule has 2 aliphatic rings. The van der Waals surface area contributed by atoms with Crippen molar-refractivity contribution in [2.45, 2.75) is 32.0 Å². The van der Waals surface area contributed by atoms with Crippen molar-refractivity contribution in [1.82, 2.24) is 0 Å². The van der Waals surface area contributed by atoms with Crippen molar-refractivity contribution in [2.75, 3.05) is 7.11 Å². The summed E-state index contributed by atoms with van der Waals surface area (Å²) in [6.07, 6.45) is 2.85. The van der Waals surface area contributed by atoms with E-state index in [0.717, 1.165) is 12.8 Å². The molecule has 0 aromatic carbocycles. The molecule has 0 bridgehead atoms. The summed E-state index contributed by atoms with van der Waals surface area (Å²) >= 11 is 0. The first-order chi connectivity index (χ1) is 6.65. The van der Waals surface area contributed by atoms with Crippen LogP contribution in [-0.4, -0.2) is 25.3 Å². The van der Waals surface area contributed by atoms with Gasteiger partial charge in [-0.1, -0.05) is 13.5 Å². The molecule has 3 heteroatoms. The van der Waals surface area contributed by atoms with E-state index in [1.54, 1.807) is 0 Å². The Balaban J connectivity index is 2.02. The lowest BCUT2D eigenvalue weighted by molar-refractivity contribution is -0.137. The van der Waals surface area contributed by atoms with Gasteiger partial charge in [-0.15, -0.1) is 0 Å². The molecule has 0 radical (unpaired) electrons. The molecule has 3 nitrogen and oxygen atoms in total.